The molecule has 0 heterocycles. The SMILES string of the molecule is CCC(C)C(=O)Nc1cccc(NC(=O)Nc2ccccc2)c1. The number of amides is 3. The molecule has 2 aromatic rings. The first-order valence-corrected chi connectivity index (χ1v) is 7.62. The molecule has 23 heavy (non-hydrogen) atoms. The molecule has 3 N–H and O–H groups in total. The fraction of sp³-hybridized carbons (Fsp3) is 0.222. The molecule has 0 spiro atoms. The first-order chi connectivity index (χ1) is 11.1. The van der Waals surface area contributed by atoms with Crippen LogP contribution in [0.15, 0.2) is 54.6 Å². The molecule has 0 aromatic heterocycles. The van der Waals surface area contributed by atoms with E-state index in [1.165, 1.54) is 0 Å². The van der Waals surface area contributed by atoms with Gasteiger partial charge in [-0.1, -0.05) is 38.1 Å². The first-order valence-electron chi connectivity index (χ1n) is 7.62. The molecule has 0 saturated carbocycles. The van der Waals surface area contributed by atoms with Gasteiger partial charge in [0, 0.05) is 23.0 Å². The maximum atomic E-state index is 12.0. The van der Waals surface area contributed by atoms with Gasteiger partial charge in [-0.05, 0) is 36.8 Å². The zero-order valence-corrected chi connectivity index (χ0v) is 13.3. The molecule has 0 bridgehead atoms. The van der Waals surface area contributed by atoms with E-state index in [4.69, 9.17) is 0 Å². The predicted molar refractivity (Wildman–Crippen MR) is 93.6 cm³/mol. The largest absolute Gasteiger partial charge is 0.326 e. The Morgan fingerprint density at radius 2 is 1.43 bits per heavy atom. The topological polar surface area (TPSA) is 70.2 Å². The third kappa shape index (κ3) is 5.14. The lowest BCUT2D eigenvalue weighted by atomic mass is 10.1. The highest BCUT2D eigenvalue weighted by atomic mass is 16.2. The van der Waals surface area contributed by atoms with Crippen LogP contribution in [0.3, 0.4) is 0 Å². The summed E-state index contributed by atoms with van der Waals surface area (Å²) in [5.41, 5.74) is 1.99. The standard InChI is InChI=1S/C18H21N3O2/c1-3-13(2)17(22)19-15-10-7-11-16(12-15)21-18(23)20-14-8-5-4-6-9-14/h4-13H,3H2,1-2H3,(H,19,22)(H2,20,21,23). The number of urea groups is 1. The second kappa shape index (κ2) is 7.98. The van der Waals surface area contributed by atoms with Crippen molar-refractivity contribution in [2.24, 2.45) is 5.92 Å². The van der Waals surface area contributed by atoms with Crippen LogP contribution in [-0.4, -0.2) is 11.9 Å². The average Bonchev–Trinajstić information content (AvgIpc) is 2.55. The van der Waals surface area contributed by atoms with E-state index in [-0.39, 0.29) is 17.9 Å². The van der Waals surface area contributed by atoms with Crippen molar-refractivity contribution in [2.45, 2.75) is 20.3 Å². The van der Waals surface area contributed by atoms with Gasteiger partial charge in [0.15, 0.2) is 0 Å². The Morgan fingerprint density at radius 1 is 0.870 bits per heavy atom. The minimum Gasteiger partial charge on any atom is -0.326 e. The number of anilines is 3. The third-order valence-electron chi connectivity index (χ3n) is 3.48. The van der Waals surface area contributed by atoms with Crippen molar-refractivity contribution in [3.63, 3.8) is 0 Å². The maximum Gasteiger partial charge on any atom is 0.323 e. The van der Waals surface area contributed by atoms with Crippen LogP contribution in [-0.2, 0) is 4.79 Å². The number of carbonyl (C=O) groups excluding carboxylic acids is 2. The molecule has 2 rings (SSSR count). The van der Waals surface area contributed by atoms with Crippen LogP contribution in [0.4, 0.5) is 21.9 Å². The van der Waals surface area contributed by atoms with Crippen LogP contribution >= 0.6 is 0 Å². The number of rotatable bonds is 5. The average molecular weight is 311 g/mol. The summed E-state index contributed by atoms with van der Waals surface area (Å²) in [6.45, 7) is 3.85. The molecule has 5 nitrogen and oxygen atoms in total. The van der Waals surface area contributed by atoms with E-state index in [0.717, 1.165) is 6.42 Å². The minimum atomic E-state index is -0.332. The Morgan fingerprint density at radius 3 is 2.09 bits per heavy atom. The summed E-state index contributed by atoms with van der Waals surface area (Å²) in [5, 5.41) is 8.33. The molecule has 120 valence electrons. The molecule has 2 aromatic carbocycles. The molecule has 5 heteroatoms. The Kier molecular flexibility index (Phi) is 5.74. The molecule has 0 radical (unpaired) electrons. The van der Waals surface area contributed by atoms with Crippen molar-refractivity contribution in [3.8, 4) is 0 Å². The van der Waals surface area contributed by atoms with E-state index in [1.54, 1.807) is 24.3 Å². The summed E-state index contributed by atoms with van der Waals surface area (Å²) in [6, 6.07) is 15.9. The van der Waals surface area contributed by atoms with Crippen LogP contribution < -0.4 is 16.0 Å². The van der Waals surface area contributed by atoms with Gasteiger partial charge in [0.1, 0.15) is 0 Å². The summed E-state index contributed by atoms with van der Waals surface area (Å²) >= 11 is 0. The summed E-state index contributed by atoms with van der Waals surface area (Å²) in [4.78, 5) is 23.9. The van der Waals surface area contributed by atoms with Gasteiger partial charge in [-0.25, -0.2) is 4.79 Å². The van der Waals surface area contributed by atoms with E-state index in [1.807, 2.05) is 44.2 Å². The van der Waals surface area contributed by atoms with Gasteiger partial charge >= 0.3 is 6.03 Å². The van der Waals surface area contributed by atoms with Crippen LogP contribution in [0.1, 0.15) is 20.3 Å². The number of benzene rings is 2. The minimum absolute atomic E-state index is 0.0293. The van der Waals surface area contributed by atoms with Gasteiger partial charge in [0.2, 0.25) is 5.91 Å². The fourth-order valence-electron chi connectivity index (χ4n) is 1.94. The quantitative estimate of drug-likeness (QED) is 0.770. The molecule has 1 atom stereocenters. The number of carbonyl (C=O) groups is 2. The molecule has 0 aliphatic heterocycles. The number of para-hydroxylation sites is 1. The molecular formula is C18H21N3O2. The van der Waals surface area contributed by atoms with Crippen molar-refractivity contribution in [1.82, 2.24) is 0 Å². The van der Waals surface area contributed by atoms with Crippen LogP contribution in [0.2, 0.25) is 0 Å². The van der Waals surface area contributed by atoms with Gasteiger partial charge in [-0.15, -0.1) is 0 Å². The first kappa shape index (κ1) is 16.5. The van der Waals surface area contributed by atoms with Crippen molar-refractivity contribution in [2.75, 3.05) is 16.0 Å². The second-order valence-electron chi connectivity index (χ2n) is 5.32. The van der Waals surface area contributed by atoms with Gasteiger partial charge in [-0.2, -0.15) is 0 Å². The monoisotopic (exact) mass is 311 g/mol. The smallest absolute Gasteiger partial charge is 0.323 e. The van der Waals surface area contributed by atoms with Crippen LogP contribution in [0.25, 0.3) is 0 Å². The molecule has 0 aliphatic rings. The number of hydrogen-bond acceptors (Lipinski definition) is 2. The lowest BCUT2D eigenvalue weighted by Gasteiger charge is -2.12. The number of hydrogen-bond donors (Lipinski definition) is 3. The second-order valence-corrected chi connectivity index (χ2v) is 5.32. The molecule has 3 amide bonds. The Labute approximate surface area is 136 Å². The highest BCUT2D eigenvalue weighted by Gasteiger charge is 2.11. The zero-order valence-electron chi connectivity index (χ0n) is 13.3. The van der Waals surface area contributed by atoms with Crippen LogP contribution in [0, 0.1) is 5.92 Å². The lowest BCUT2D eigenvalue weighted by molar-refractivity contribution is -0.119. The lowest BCUT2D eigenvalue weighted by Crippen LogP contribution is -2.21. The Hall–Kier alpha value is -2.82. The fourth-order valence-corrected chi connectivity index (χ4v) is 1.94. The summed E-state index contributed by atoms with van der Waals surface area (Å²) in [7, 11) is 0. The third-order valence-corrected chi connectivity index (χ3v) is 3.48. The van der Waals surface area contributed by atoms with Gasteiger partial charge in [0.05, 0.1) is 0 Å². The van der Waals surface area contributed by atoms with Crippen molar-refractivity contribution in [1.29, 1.82) is 0 Å². The van der Waals surface area contributed by atoms with E-state index < -0.39 is 0 Å². The maximum absolute atomic E-state index is 12.0. The molecule has 1 unspecified atom stereocenters. The Bertz CT molecular complexity index is 671. The van der Waals surface area contributed by atoms with Crippen LogP contribution in [0.5, 0.6) is 0 Å². The molecule has 0 aliphatic carbocycles. The Balaban J connectivity index is 1.97. The predicted octanol–water partition coefficient (Wildman–Crippen LogP) is 4.32. The summed E-state index contributed by atoms with van der Waals surface area (Å²) in [6.07, 6.45) is 0.781. The highest BCUT2D eigenvalue weighted by Crippen LogP contribution is 2.17. The van der Waals surface area contributed by atoms with E-state index >= 15 is 0 Å². The van der Waals surface area contributed by atoms with Gasteiger partial charge in [-0.3, -0.25) is 4.79 Å². The number of nitrogens with one attached hydrogen (secondary N) is 3. The van der Waals surface area contributed by atoms with E-state index in [9.17, 15) is 9.59 Å². The van der Waals surface area contributed by atoms with Gasteiger partial charge < -0.3 is 16.0 Å². The van der Waals surface area contributed by atoms with Crippen molar-refractivity contribution < 1.29 is 9.59 Å². The summed E-state index contributed by atoms with van der Waals surface area (Å²) < 4.78 is 0. The van der Waals surface area contributed by atoms with E-state index in [0.29, 0.717) is 17.1 Å². The van der Waals surface area contributed by atoms with Gasteiger partial charge in [0.25, 0.3) is 0 Å². The van der Waals surface area contributed by atoms with Crippen molar-refractivity contribution in [3.05, 3.63) is 54.6 Å². The normalized spacial score (nSPS) is 11.4. The molecule has 0 saturated heterocycles. The molecular weight excluding hydrogens is 290 g/mol. The molecule has 0 fully saturated rings. The zero-order chi connectivity index (χ0) is 16.7. The summed E-state index contributed by atoms with van der Waals surface area (Å²) in [5.74, 6) is -0.0774. The van der Waals surface area contributed by atoms with Crippen molar-refractivity contribution >= 4 is 29.0 Å². The van der Waals surface area contributed by atoms with E-state index in [2.05, 4.69) is 16.0 Å². The highest BCUT2D eigenvalue weighted by molar-refractivity contribution is 6.00.